The zero-order valence-corrected chi connectivity index (χ0v) is 13.7. The number of imide groups is 1. The van der Waals surface area contributed by atoms with Crippen molar-refractivity contribution in [2.45, 2.75) is 13.8 Å². The Morgan fingerprint density at radius 2 is 1.88 bits per heavy atom. The standard InChI is InChI=1S/C19H19N2O3/c1-3-20-18(23)15-6-4-5-7-16(15)21(19(20)24)12-17(22)14-10-8-13(2)9-11-14/h4-11,15H,3,12H2,1-2H3/q+1. The lowest BCUT2D eigenvalue weighted by atomic mass is 9.94. The first kappa shape index (κ1) is 16.1. The highest BCUT2D eigenvalue weighted by Crippen LogP contribution is 2.19. The van der Waals surface area contributed by atoms with Gasteiger partial charge in [0.1, 0.15) is 11.6 Å². The van der Waals surface area contributed by atoms with Gasteiger partial charge in [0.05, 0.1) is 6.54 Å². The molecule has 0 saturated carbocycles. The lowest BCUT2D eigenvalue weighted by molar-refractivity contribution is -0.425. The molecule has 24 heavy (non-hydrogen) atoms. The molecule has 122 valence electrons. The molecule has 0 aromatic heterocycles. The molecule has 3 amide bonds. The Morgan fingerprint density at radius 3 is 2.54 bits per heavy atom. The van der Waals surface area contributed by atoms with E-state index in [1.165, 1.54) is 9.48 Å². The predicted octanol–water partition coefficient (Wildman–Crippen LogP) is 2.36. The largest absolute Gasteiger partial charge is 0.501 e. The number of rotatable bonds is 4. The summed E-state index contributed by atoms with van der Waals surface area (Å²) >= 11 is 0. The monoisotopic (exact) mass is 323 g/mol. The molecule has 0 radical (unpaired) electrons. The molecule has 1 aliphatic carbocycles. The third kappa shape index (κ3) is 2.73. The van der Waals surface area contributed by atoms with Crippen LogP contribution >= 0.6 is 0 Å². The van der Waals surface area contributed by atoms with Gasteiger partial charge in [0.2, 0.25) is 5.78 Å². The summed E-state index contributed by atoms with van der Waals surface area (Å²) < 4.78 is 1.41. The van der Waals surface area contributed by atoms with E-state index in [-0.39, 0.29) is 24.8 Å². The van der Waals surface area contributed by atoms with Crippen LogP contribution in [0.5, 0.6) is 0 Å². The van der Waals surface area contributed by atoms with Crippen molar-refractivity contribution in [3.8, 4) is 0 Å². The van der Waals surface area contributed by atoms with Gasteiger partial charge in [-0.2, -0.15) is 14.3 Å². The van der Waals surface area contributed by atoms with Crippen molar-refractivity contribution in [3.63, 3.8) is 0 Å². The number of hydrogen-bond donors (Lipinski definition) is 0. The van der Waals surface area contributed by atoms with E-state index in [2.05, 4.69) is 0 Å². The van der Waals surface area contributed by atoms with Crippen molar-refractivity contribution in [1.29, 1.82) is 0 Å². The topological polar surface area (TPSA) is 57.5 Å². The van der Waals surface area contributed by atoms with Gasteiger partial charge >= 0.3 is 11.9 Å². The van der Waals surface area contributed by atoms with Crippen LogP contribution in [-0.2, 0) is 4.79 Å². The van der Waals surface area contributed by atoms with Gasteiger partial charge in [0, 0.05) is 5.56 Å². The van der Waals surface area contributed by atoms with Gasteiger partial charge in [-0.1, -0.05) is 48.1 Å². The molecule has 0 N–H and O–H groups in total. The summed E-state index contributed by atoms with van der Waals surface area (Å²) in [6, 6.07) is 6.81. The molecule has 1 aromatic rings. The van der Waals surface area contributed by atoms with Crippen LogP contribution in [0.4, 0.5) is 4.79 Å². The summed E-state index contributed by atoms with van der Waals surface area (Å²) in [6.45, 7) is 3.92. The average Bonchev–Trinajstić information content (AvgIpc) is 2.59. The van der Waals surface area contributed by atoms with Crippen LogP contribution in [0, 0.1) is 12.8 Å². The maximum atomic E-state index is 12.6. The van der Waals surface area contributed by atoms with E-state index >= 15 is 0 Å². The Balaban J connectivity index is 1.97. The molecular formula is C19H19N2O3+. The van der Waals surface area contributed by atoms with Crippen LogP contribution in [0.1, 0.15) is 22.8 Å². The first-order valence-corrected chi connectivity index (χ1v) is 7.97. The fraction of sp³-hybridized carbons (Fsp3) is 0.263. The van der Waals surface area contributed by atoms with Gasteiger partial charge in [0.15, 0.2) is 6.54 Å². The van der Waals surface area contributed by atoms with Crippen LogP contribution in [0.3, 0.4) is 0 Å². The lowest BCUT2D eigenvalue weighted by Gasteiger charge is -2.25. The number of benzene rings is 1. The molecule has 1 heterocycles. The van der Waals surface area contributed by atoms with Gasteiger partial charge in [-0.3, -0.25) is 4.79 Å². The molecule has 3 rings (SSSR count). The molecule has 1 aliphatic heterocycles. The van der Waals surface area contributed by atoms with Crippen molar-refractivity contribution in [1.82, 2.24) is 4.90 Å². The molecule has 2 aliphatic rings. The van der Waals surface area contributed by atoms with E-state index in [1.54, 1.807) is 43.4 Å². The van der Waals surface area contributed by atoms with Crippen molar-refractivity contribution >= 4 is 23.4 Å². The SMILES string of the molecule is CCN1C(=O)C2C=CC=CC2=[N+](CC(=O)c2ccc(C)cc2)C1=O. The Hall–Kier alpha value is -2.82. The minimum atomic E-state index is -0.501. The third-order valence-corrected chi connectivity index (χ3v) is 4.30. The van der Waals surface area contributed by atoms with E-state index in [4.69, 9.17) is 0 Å². The van der Waals surface area contributed by atoms with Crippen LogP contribution < -0.4 is 0 Å². The summed E-state index contributed by atoms with van der Waals surface area (Å²) in [6.07, 6.45) is 7.05. The smallest absolute Gasteiger partial charge is 0.290 e. The molecule has 0 spiro atoms. The number of carbonyl (C=O) groups is 3. The van der Waals surface area contributed by atoms with Crippen LogP contribution in [-0.4, -0.2) is 46.0 Å². The van der Waals surface area contributed by atoms with E-state index in [0.29, 0.717) is 11.3 Å². The summed E-state index contributed by atoms with van der Waals surface area (Å²) in [5.41, 5.74) is 2.19. The van der Waals surface area contributed by atoms with Gasteiger partial charge in [-0.05, 0) is 19.9 Å². The second-order valence-electron chi connectivity index (χ2n) is 5.89. The van der Waals surface area contributed by atoms with Crippen molar-refractivity contribution in [2.75, 3.05) is 13.1 Å². The molecule has 0 bridgehead atoms. The fourth-order valence-electron chi connectivity index (χ4n) is 2.94. The summed E-state index contributed by atoms with van der Waals surface area (Å²) in [4.78, 5) is 38.8. The quantitative estimate of drug-likeness (QED) is 0.631. The number of Topliss-reactive ketones (excluding diaryl/α,β-unsaturated/α-hetero) is 1. The maximum absolute atomic E-state index is 12.6. The molecule has 1 aromatic carbocycles. The summed E-state index contributed by atoms with van der Waals surface area (Å²) in [7, 11) is 0. The number of aryl methyl sites for hydroxylation is 1. The van der Waals surface area contributed by atoms with E-state index in [9.17, 15) is 14.4 Å². The number of fused-ring (bicyclic) bond motifs is 1. The zero-order valence-electron chi connectivity index (χ0n) is 13.7. The summed E-state index contributed by atoms with van der Waals surface area (Å²) in [5, 5.41) is 0. The minimum absolute atomic E-state index is 0.0737. The molecule has 0 fully saturated rings. The third-order valence-electron chi connectivity index (χ3n) is 4.30. The van der Waals surface area contributed by atoms with Crippen LogP contribution in [0.2, 0.25) is 0 Å². The molecule has 5 heteroatoms. The van der Waals surface area contributed by atoms with Crippen molar-refractivity contribution in [2.24, 2.45) is 5.92 Å². The second kappa shape index (κ2) is 6.35. The highest BCUT2D eigenvalue weighted by molar-refractivity contribution is 6.17. The fourth-order valence-corrected chi connectivity index (χ4v) is 2.94. The Morgan fingerprint density at radius 1 is 1.17 bits per heavy atom. The van der Waals surface area contributed by atoms with Crippen molar-refractivity contribution < 1.29 is 19.0 Å². The Bertz CT molecular complexity index is 800. The molecule has 1 atom stereocenters. The molecule has 5 nitrogen and oxygen atoms in total. The molecular weight excluding hydrogens is 304 g/mol. The zero-order chi connectivity index (χ0) is 17.3. The Labute approximate surface area is 140 Å². The number of nitrogens with zero attached hydrogens (tertiary/aromatic N) is 2. The first-order valence-electron chi connectivity index (χ1n) is 7.97. The normalized spacial score (nSPS) is 19.8. The van der Waals surface area contributed by atoms with E-state index in [0.717, 1.165) is 5.56 Å². The van der Waals surface area contributed by atoms with Gasteiger partial charge in [-0.15, -0.1) is 0 Å². The second-order valence-corrected chi connectivity index (χ2v) is 5.89. The average molecular weight is 323 g/mol. The summed E-state index contributed by atoms with van der Waals surface area (Å²) in [5.74, 6) is -0.890. The van der Waals surface area contributed by atoms with Gasteiger partial charge < -0.3 is 0 Å². The predicted molar refractivity (Wildman–Crippen MR) is 90.2 cm³/mol. The van der Waals surface area contributed by atoms with E-state index in [1.807, 2.05) is 19.1 Å². The molecule has 0 saturated heterocycles. The van der Waals surface area contributed by atoms with Gasteiger partial charge in [0.25, 0.3) is 0 Å². The van der Waals surface area contributed by atoms with Crippen LogP contribution in [0.15, 0.2) is 48.6 Å². The number of amides is 3. The van der Waals surface area contributed by atoms with Crippen LogP contribution in [0.25, 0.3) is 0 Å². The van der Waals surface area contributed by atoms with E-state index < -0.39 is 11.9 Å². The van der Waals surface area contributed by atoms with Crippen molar-refractivity contribution in [3.05, 3.63) is 59.7 Å². The maximum Gasteiger partial charge on any atom is 0.501 e. The number of carbonyl (C=O) groups excluding carboxylic acids is 3. The number of allylic oxidation sites excluding steroid dienone is 3. The minimum Gasteiger partial charge on any atom is -0.290 e. The number of ketones is 1. The van der Waals surface area contributed by atoms with Gasteiger partial charge in [-0.25, -0.2) is 4.79 Å². The first-order chi connectivity index (χ1) is 11.5. The highest BCUT2D eigenvalue weighted by atomic mass is 16.2. The molecule has 1 unspecified atom stereocenters. The number of urea groups is 1. The highest BCUT2D eigenvalue weighted by Gasteiger charge is 2.46. The Kier molecular flexibility index (Phi) is 4.25. The lowest BCUT2D eigenvalue weighted by Crippen LogP contribution is -2.55. The number of hydrogen-bond acceptors (Lipinski definition) is 3.